The van der Waals surface area contributed by atoms with Gasteiger partial charge in [0.05, 0.1) is 11.3 Å². The number of hydrogen-bond acceptors (Lipinski definition) is 5. The summed E-state index contributed by atoms with van der Waals surface area (Å²) < 4.78 is 7.93. The summed E-state index contributed by atoms with van der Waals surface area (Å²) in [5.74, 6) is -1.54. The van der Waals surface area contributed by atoms with Crippen molar-refractivity contribution in [2.24, 2.45) is 0 Å². The highest BCUT2D eigenvalue weighted by Crippen LogP contribution is 2.27. The molecule has 8 nitrogen and oxygen atoms in total. The van der Waals surface area contributed by atoms with Crippen LogP contribution in [0.25, 0.3) is 11.8 Å². The average Bonchev–Trinajstić information content (AvgIpc) is 3.23. The summed E-state index contributed by atoms with van der Waals surface area (Å²) in [4.78, 5) is 38.6. The number of amides is 2. The molecule has 1 saturated heterocycles. The molecule has 0 radical (unpaired) electrons. The number of nitrogens with zero attached hydrogens (tertiary/aromatic N) is 2. The van der Waals surface area contributed by atoms with Gasteiger partial charge in [0.2, 0.25) is 0 Å². The first-order valence-corrected chi connectivity index (χ1v) is 12.8. The van der Waals surface area contributed by atoms with Crippen LogP contribution in [0.2, 0.25) is 0 Å². The summed E-state index contributed by atoms with van der Waals surface area (Å²) >= 11 is 5.25. The number of rotatable bonds is 7. The Morgan fingerprint density at radius 2 is 1.60 bits per heavy atom. The van der Waals surface area contributed by atoms with Crippen LogP contribution in [0.15, 0.2) is 90.5 Å². The fraction of sp³-hybridized carbons (Fsp3) is 0.0968. The summed E-state index contributed by atoms with van der Waals surface area (Å²) in [6.07, 6.45) is 1.55. The number of carbonyl (C=O) groups excluding carboxylic acids is 2. The number of anilines is 1. The van der Waals surface area contributed by atoms with Gasteiger partial charge in [-0.15, -0.1) is 0 Å². The molecular formula is C31H25N3O5S. The van der Waals surface area contributed by atoms with Gasteiger partial charge in [0.25, 0.3) is 11.8 Å². The van der Waals surface area contributed by atoms with E-state index < -0.39 is 17.8 Å². The summed E-state index contributed by atoms with van der Waals surface area (Å²) in [5, 5.41) is 11.7. The molecule has 0 aliphatic carbocycles. The second kappa shape index (κ2) is 11.0. The van der Waals surface area contributed by atoms with E-state index in [4.69, 9.17) is 22.1 Å². The van der Waals surface area contributed by atoms with Gasteiger partial charge in [0.15, 0.2) is 5.11 Å². The van der Waals surface area contributed by atoms with Crippen molar-refractivity contribution in [3.63, 3.8) is 0 Å². The van der Waals surface area contributed by atoms with Gasteiger partial charge in [0.1, 0.15) is 17.9 Å². The van der Waals surface area contributed by atoms with Crippen LogP contribution < -0.4 is 15.0 Å². The molecule has 0 saturated carbocycles. The van der Waals surface area contributed by atoms with Gasteiger partial charge in [0, 0.05) is 17.1 Å². The molecule has 5 rings (SSSR count). The Balaban J connectivity index is 1.40. The highest BCUT2D eigenvalue weighted by Gasteiger charge is 2.34. The number of aryl methyl sites for hydroxylation is 1. The minimum atomic E-state index is -1.09. The molecule has 40 heavy (non-hydrogen) atoms. The monoisotopic (exact) mass is 551 g/mol. The van der Waals surface area contributed by atoms with E-state index in [1.54, 1.807) is 6.08 Å². The Bertz CT molecular complexity index is 1660. The number of aromatic nitrogens is 1. The molecule has 1 aromatic heterocycles. The van der Waals surface area contributed by atoms with Gasteiger partial charge in [-0.2, -0.15) is 0 Å². The van der Waals surface area contributed by atoms with Crippen LogP contribution in [0.4, 0.5) is 5.69 Å². The number of carbonyl (C=O) groups is 3. The molecular weight excluding hydrogens is 526 g/mol. The summed E-state index contributed by atoms with van der Waals surface area (Å²) in [7, 11) is 0. The topological polar surface area (TPSA) is 101 Å². The van der Waals surface area contributed by atoms with Crippen LogP contribution in [-0.2, 0) is 16.2 Å². The number of thiocarbonyl (C=S) groups is 1. The average molecular weight is 552 g/mol. The Labute approximate surface area is 236 Å². The highest BCUT2D eigenvalue weighted by atomic mass is 32.1. The van der Waals surface area contributed by atoms with E-state index in [0.29, 0.717) is 17.9 Å². The fourth-order valence-electron chi connectivity index (χ4n) is 4.56. The third kappa shape index (κ3) is 5.27. The maximum absolute atomic E-state index is 13.4. The first kappa shape index (κ1) is 26.6. The van der Waals surface area contributed by atoms with Crippen LogP contribution in [0, 0.1) is 13.8 Å². The van der Waals surface area contributed by atoms with Crippen molar-refractivity contribution in [2.45, 2.75) is 20.5 Å². The molecule has 9 heteroatoms. The van der Waals surface area contributed by atoms with Crippen LogP contribution in [0.5, 0.6) is 5.75 Å². The van der Waals surface area contributed by atoms with Gasteiger partial charge in [-0.3, -0.25) is 19.8 Å². The molecule has 0 atom stereocenters. The van der Waals surface area contributed by atoms with Crippen molar-refractivity contribution in [1.82, 2.24) is 9.88 Å². The number of hydrogen-bond donors (Lipinski definition) is 2. The molecule has 2 amide bonds. The molecule has 1 aliphatic rings. The van der Waals surface area contributed by atoms with Crippen molar-refractivity contribution < 1.29 is 24.2 Å². The third-order valence-electron chi connectivity index (χ3n) is 6.59. The number of ether oxygens (including phenoxy) is 1. The summed E-state index contributed by atoms with van der Waals surface area (Å²) in [6, 6.07) is 25.3. The smallest absolute Gasteiger partial charge is 0.335 e. The Morgan fingerprint density at radius 1 is 0.950 bits per heavy atom. The predicted molar refractivity (Wildman–Crippen MR) is 156 cm³/mol. The number of benzene rings is 3. The van der Waals surface area contributed by atoms with Crippen molar-refractivity contribution in [3.8, 4) is 11.4 Å². The summed E-state index contributed by atoms with van der Waals surface area (Å²) in [6.45, 7) is 4.33. The Kier molecular flexibility index (Phi) is 7.31. The quantitative estimate of drug-likeness (QED) is 0.186. The molecule has 2 heterocycles. The minimum absolute atomic E-state index is 0.0714. The zero-order chi connectivity index (χ0) is 28.4. The van der Waals surface area contributed by atoms with Crippen molar-refractivity contribution in [1.29, 1.82) is 0 Å². The van der Waals surface area contributed by atoms with Crippen molar-refractivity contribution >= 4 is 46.9 Å². The van der Waals surface area contributed by atoms with E-state index >= 15 is 0 Å². The molecule has 200 valence electrons. The van der Waals surface area contributed by atoms with E-state index in [0.717, 1.165) is 28.4 Å². The molecule has 2 N–H and O–H groups in total. The van der Waals surface area contributed by atoms with E-state index in [9.17, 15) is 14.4 Å². The van der Waals surface area contributed by atoms with Gasteiger partial charge in [-0.25, -0.2) is 4.79 Å². The summed E-state index contributed by atoms with van der Waals surface area (Å²) in [5.41, 5.74) is 4.80. The lowest BCUT2D eigenvalue weighted by Crippen LogP contribution is -2.54. The van der Waals surface area contributed by atoms with Gasteiger partial charge >= 0.3 is 5.97 Å². The molecule has 0 bridgehead atoms. The lowest BCUT2D eigenvalue weighted by atomic mass is 10.1. The standard InChI is InChI=1S/C31H25N3O5S/c1-19-16-23(20(2)33(19)24-12-14-26(15-13-24)39-18-21-6-4-3-5-7-21)17-27-28(35)32-31(40)34(29(27)36)25-10-8-22(9-11-25)30(37)38/h3-17H,18H2,1-2H3,(H,37,38)(H,32,35,40)/b27-17+. The Hall–Kier alpha value is -5.02. The minimum Gasteiger partial charge on any atom is -0.489 e. The molecule has 1 fully saturated rings. The number of carboxylic acid groups (broad SMARTS) is 1. The maximum Gasteiger partial charge on any atom is 0.335 e. The van der Waals surface area contributed by atoms with E-state index in [2.05, 4.69) is 5.32 Å². The van der Waals surface area contributed by atoms with Crippen LogP contribution in [-0.4, -0.2) is 32.6 Å². The second-order valence-corrected chi connectivity index (χ2v) is 9.63. The van der Waals surface area contributed by atoms with Crippen LogP contribution in [0.1, 0.15) is 32.9 Å². The lowest BCUT2D eigenvalue weighted by Gasteiger charge is -2.29. The number of nitrogens with one attached hydrogen (secondary N) is 1. The lowest BCUT2D eigenvalue weighted by molar-refractivity contribution is -0.122. The number of carboxylic acids is 1. The van der Waals surface area contributed by atoms with Gasteiger partial charge in [-0.05, 0) is 97.9 Å². The zero-order valence-corrected chi connectivity index (χ0v) is 22.6. The molecule has 1 aliphatic heterocycles. The molecule has 3 aromatic carbocycles. The zero-order valence-electron chi connectivity index (χ0n) is 21.8. The van der Waals surface area contributed by atoms with E-state index in [1.165, 1.54) is 29.2 Å². The number of aromatic carboxylic acids is 1. The normalized spacial score (nSPS) is 14.4. The van der Waals surface area contributed by atoms with Crippen molar-refractivity contribution in [2.75, 3.05) is 4.90 Å². The van der Waals surface area contributed by atoms with E-state index in [1.807, 2.05) is 79.1 Å². The second-order valence-electron chi connectivity index (χ2n) is 9.24. The first-order chi connectivity index (χ1) is 19.2. The largest absolute Gasteiger partial charge is 0.489 e. The SMILES string of the molecule is Cc1cc(/C=C2\C(=O)NC(=S)N(c3ccc(C(=O)O)cc3)C2=O)c(C)n1-c1ccc(OCc2ccccc2)cc1. The third-order valence-corrected chi connectivity index (χ3v) is 6.87. The molecule has 0 spiro atoms. The van der Waals surface area contributed by atoms with Gasteiger partial charge < -0.3 is 14.4 Å². The van der Waals surface area contributed by atoms with Crippen molar-refractivity contribution in [3.05, 3.63) is 119 Å². The fourth-order valence-corrected chi connectivity index (χ4v) is 4.84. The first-order valence-electron chi connectivity index (χ1n) is 12.4. The van der Waals surface area contributed by atoms with Gasteiger partial charge in [-0.1, -0.05) is 30.3 Å². The van der Waals surface area contributed by atoms with Crippen LogP contribution >= 0.6 is 12.2 Å². The Morgan fingerprint density at radius 3 is 2.25 bits per heavy atom. The molecule has 0 unspecified atom stereocenters. The highest BCUT2D eigenvalue weighted by molar-refractivity contribution is 7.80. The maximum atomic E-state index is 13.4. The predicted octanol–water partition coefficient (Wildman–Crippen LogP) is 5.20. The van der Waals surface area contributed by atoms with Crippen LogP contribution in [0.3, 0.4) is 0 Å². The van der Waals surface area contributed by atoms with E-state index in [-0.39, 0.29) is 16.2 Å². The molecule has 4 aromatic rings.